The second kappa shape index (κ2) is 10.0. The number of carboxylic acids is 2. The monoisotopic (exact) mass is 398 g/mol. The van der Waals surface area contributed by atoms with E-state index in [1.165, 1.54) is 11.3 Å². The highest BCUT2D eigenvalue weighted by Gasteiger charge is 2.37. The van der Waals surface area contributed by atoms with Gasteiger partial charge in [-0.25, -0.2) is 4.79 Å². The molecule has 12 heteroatoms. The van der Waals surface area contributed by atoms with E-state index in [0.717, 1.165) is 0 Å². The molecule has 27 heavy (non-hydrogen) atoms. The van der Waals surface area contributed by atoms with Crippen molar-refractivity contribution in [1.82, 2.24) is 5.32 Å². The minimum atomic E-state index is -1.29. The van der Waals surface area contributed by atoms with E-state index in [9.17, 15) is 19.4 Å². The first-order valence-corrected chi connectivity index (χ1v) is 9.06. The molecule has 0 aromatic carbocycles. The Balaban J connectivity index is 1.96. The van der Waals surface area contributed by atoms with Crippen molar-refractivity contribution in [2.75, 3.05) is 6.61 Å². The van der Waals surface area contributed by atoms with Crippen LogP contribution in [0.1, 0.15) is 30.6 Å². The average molecular weight is 398 g/mol. The fourth-order valence-corrected chi connectivity index (χ4v) is 3.21. The lowest BCUT2D eigenvalue weighted by Crippen LogP contribution is -2.54. The van der Waals surface area contributed by atoms with Crippen molar-refractivity contribution in [2.24, 2.45) is 5.16 Å². The van der Waals surface area contributed by atoms with Crippen LogP contribution in [0.4, 0.5) is 0 Å². The number of aliphatic carboxylic acids is 2. The molecule has 0 radical (unpaired) electrons. The number of carbonyl (C=O) groups excluding carboxylic acids is 1. The van der Waals surface area contributed by atoms with Gasteiger partial charge < -0.3 is 30.0 Å². The van der Waals surface area contributed by atoms with Crippen LogP contribution in [0.25, 0.3) is 0 Å². The number of hydrogen-bond acceptors (Lipinski definition) is 8. The summed E-state index contributed by atoms with van der Waals surface area (Å²) in [6.45, 7) is -0.692. The van der Waals surface area contributed by atoms with Crippen molar-refractivity contribution in [2.45, 2.75) is 37.7 Å². The standard InChI is InChI=1S/C15H19BN2O8S/c19-12(20)6-4-9-3-5-11(16(24)26-9)17-15(23)14(10-2-1-7-27-10)18-25-8-13(21)22/h1-2,7,9,11,24H,3-6,8H2,(H,17,23)(H,19,20)(H,21,22)/b18-14+/t9-,11-/m0/s1. The fourth-order valence-electron chi connectivity index (χ4n) is 2.51. The Labute approximate surface area is 158 Å². The molecule has 0 saturated carbocycles. The van der Waals surface area contributed by atoms with Gasteiger partial charge in [0.15, 0.2) is 5.71 Å². The number of rotatable bonds is 9. The van der Waals surface area contributed by atoms with Crippen molar-refractivity contribution in [3.05, 3.63) is 22.4 Å². The molecule has 4 N–H and O–H groups in total. The first-order valence-electron chi connectivity index (χ1n) is 8.18. The summed E-state index contributed by atoms with van der Waals surface area (Å²) in [5.41, 5.74) is -0.105. The molecule has 1 aromatic heterocycles. The zero-order chi connectivity index (χ0) is 19.8. The molecule has 2 heterocycles. The van der Waals surface area contributed by atoms with Crippen molar-refractivity contribution >= 4 is 42.0 Å². The molecule has 146 valence electrons. The topological polar surface area (TPSA) is 155 Å². The van der Waals surface area contributed by atoms with Crippen molar-refractivity contribution in [3.63, 3.8) is 0 Å². The van der Waals surface area contributed by atoms with Crippen LogP contribution in [-0.4, -0.2) is 64.6 Å². The van der Waals surface area contributed by atoms with Gasteiger partial charge in [0.05, 0.1) is 10.8 Å². The number of hydrogen-bond donors (Lipinski definition) is 4. The average Bonchev–Trinajstić information content (AvgIpc) is 3.12. The maximum Gasteiger partial charge on any atom is 0.478 e. The van der Waals surface area contributed by atoms with Gasteiger partial charge in [0, 0.05) is 12.5 Å². The normalized spacial score (nSPS) is 20.2. The van der Waals surface area contributed by atoms with Crippen LogP contribution >= 0.6 is 11.3 Å². The lowest BCUT2D eigenvalue weighted by Gasteiger charge is -2.31. The van der Waals surface area contributed by atoms with Gasteiger partial charge in [-0.1, -0.05) is 11.2 Å². The Hall–Kier alpha value is -2.44. The Kier molecular flexibility index (Phi) is 7.76. The molecule has 0 aliphatic carbocycles. The number of amides is 1. The number of thiophene rings is 1. The van der Waals surface area contributed by atoms with Gasteiger partial charge in [0.1, 0.15) is 0 Å². The lowest BCUT2D eigenvalue weighted by atomic mass is 9.72. The number of oxime groups is 1. The molecule has 1 amide bonds. The minimum absolute atomic E-state index is 0.0650. The molecule has 0 unspecified atom stereocenters. The van der Waals surface area contributed by atoms with E-state index in [0.29, 0.717) is 17.7 Å². The molecular weight excluding hydrogens is 379 g/mol. The summed E-state index contributed by atoms with van der Waals surface area (Å²) in [4.78, 5) is 38.8. The summed E-state index contributed by atoms with van der Waals surface area (Å²) in [6.07, 6.45) is 0.692. The second-order valence-corrected chi connectivity index (χ2v) is 6.77. The van der Waals surface area contributed by atoms with E-state index in [1.54, 1.807) is 17.5 Å². The summed E-state index contributed by atoms with van der Waals surface area (Å²) in [7, 11) is -1.29. The lowest BCUT2D eigenvalue weighted by molar-refractivity contribution is -0.142. The fraction of sp³-hybridized carbons (Fsp3) is 0.467. The van der Waals surface area contributed by atoms with Gasteiger partial charge in [-0.15, -0.1) is 11.3 Å². The number of carboxylic acid groups (broad SMARTS) is 2. The predicted molar refractivity (Wildman–Crippen MR) is 95.3 cm³/mol. The largest absolute Gasteiger partial charge is 0.481 e. The number of nitrogens with zero attached hydrogens (tertiary/aromatic N) is 1. The first kappa shape index (κ1) is 20.9. The second-order valence-electron chi connectivity index (χ2n) is 5.82. The highest BCUT2D eigenvalue weighted by molar-refractivity contribution is 7.13. The number of nitrogens with one attached hydrogen (secondary N) is 1. The molecule has 1 aliphatic rings. The summed E-state index contributed by atoms with van der Waals surface area (Å²) in [6, 6.07) is 3.33. The Morgan fingerprint density at radius 1 is 1.33 bits per heavy atom. The van der Waals surface area contributed by atoms with Crippen LogP contribution in [0.2, 0.25) is 0 Å². The third-order valence-electron chi connectivity index (χ3n) is 3.79. The van der Waals surface area contributed by atoms with E-state index in [-0.39, 0.29) is 18.6 Å². The Morgan fingerprint density at radius 3 is 2.70 bits per heavy atom. The van der Waals surface area contributed by atoms with Crippen molar-refractivity contribution in [1.29, 1.82) is 0 Å². The molecule has 0 spiro atoms. The summed E-state index contributed by atoms with van der Waals surface area (Å²) < 4.78 is 5.36. The highest BCUT2D eigenvalue weighted by atomic mass is 32.1. The van der Waals surface area contributed by atoms with E-state index in [1.807, 2.05) is 0 Å². The molecule has 1 saturated heterocycles. The quantitative estimate of drug-likeness (QED) is 0.259. The first-order chi connectivity index (χ1) is 12.9. The van der Waals surface area contributed by atoms with Crippen LogP contribution in [0.3, 0.4) is 0 Å². The molecule has 10 nitrogen and oxygen atoms in total. The highest BCUT2D eigenvalue weighted by Crippen LogP contribution is 2.20. The van der Waals surface area contributed by atoms with E-state index in [2.05, 4.69) is 15.3 Å². The summed E-state index contributed by atoms with van der Waals surface area (Å²) in [5.74, 6) is -3.52. The minimum Gasteiger partial charge on any atom is -0.481 e. The maximum absolute atomic E-state index is 12.5. The molecule has 2 atom stereocenters. The van der Waals surface area contributed by atoms with Crippen LogP contribution in [0.5, 0.6) is 0 Å². The molecule has 0 bridgehead atoms. The van der Waals surface area contributed by atoms with Gasteiger partial charge in [0.2, 0.25) is 6.61 Å². The van der Waals surface area contributed by atoms with Gasteiger partial charge in [-0.2, -0.15) is 0 Å². The van der Waals surface area contributed by atoms with Gasteiger partial charge in [-0.3, -0.25) is 9.59 Å². The zero-order valence-electron chi connectivity index (χ0n) is 14.2. The van der Waals surface area contributed by atoms with E-state index in [4.69, 9.17) is 14.9 Å². The van der Waals surface area contributed by atoms with Crippen LogP contribution in [-0.2, 0) is 23.9 Å². The Bertz CT molecular complexity index is 696. The van der Waals surface area contributed by atoms with Crippen molar-refractivity contribution < 1.29 is 39.1 Å². The van der Waals surface area contributed by atoms with Crippen LogP contribution in [0.15, 0.2) is 22.7 Å². The number of carbonyl (C=O) groups is 3. The molecule has 1 aliphatic heterocycles. The van der Waals surface area contributed by atoms with Crippen LogP contribution in [0, 0.1) is 0 Å². The van der Waals surface area contributed by atoms with Gasteiger partial charge >= 0.3 is 19.1 Å². The molecule has 1 fully saturated rings. The van der Waals surface area contributed by atoms with Crippen molar-refractivity contribution in [3.8, 4) is 0 Å². The molecule has 2 rings (SSSR count). The summed E-state index contributed by atoms with van der Waals surface area (Å²) in [5, 5.41) is 35.3. The molecular formula is C15H19BN2O8S. The van der Waals surface area contributed by atoms with E-state index < -0.39 is 43.6 Å². The SMILES string of the molecule is O=C(O)CC[C@@H]1CC[C@H](NC(=O)/C(=N/OCC(=O)O)c2cccs2)B(O)O1. The summed E-state index contributed by atoms with van der Waals surface area (Å²) >= 11 is 1.22. The third-order valence-corrected chi connectivity index (χ3v) is 4.66. The predicted octanol–water partition coefficient (Wildman–Crippen LogP) is 0.102. The van der Waals surface area contributed by atoms with Gasteiger partial charge in [-0.05, 0) is 30.7 Å². The smallest absolute Gasteiger partial charge is 0.478 e. The maximum atomic E-state index is 12.5. The zero-order valence-corrected chi connectivity index (χ0v) is 15.1. The van der Waals surface area contributed by atoms with Crippen LogP contribution < -0.4 is 5.32 Å². The third kappa shape index (κ3) is 6.66. The van der Waals surface area contributed by atoms with Gasteiger partial charge in [0.25, 0.3) is 5.91 Å². The van der Waals surface area contributed by atoms with E-state index >= 15 is 0 Å². The molecule has 1 aromatic rings. The Morgan fingerprint density at radius 2 is 2.11 bits per heavy atom.